The van der Waals surface area contributed by atoms with E-state index < -0.39 is 0 Å². The van der Waals surface area contributed by atoms with Gasteiger partial charge in [-0.1, -0.05) is 13.8 Å². The molecule has 2 nitrogen and oxygen atoms in total. The Labute approximate surface area is 82.7 Å². The Bertz CT molecular complexity index is 130. The van der Waals surface area contributed by atoms with E-state index >= 15 is 0 Å². The Morgan fingerprint density at radius 1 is 1.31 bits per heavy atom. The Morgan fingerprint density at radius 3 is 2.46 bits per heavy atom. The van der Waals surface area contributed by atoms with Gasteiger partial charge in [-0.25, -0.2) is 0 Å². The van der Waals surface area contributed by atoms with Crippen LogP contribution in [0.5, 0.6) is 0 Å². The molecule has 1 saturated carbocycles. The average Bonchev–Trinajstić information content (AvgIpc) is 2.87. The van der Waals surface area contributed by atoms with Gasteiger partial charge in [-0.2, -0.15) is 0 Å². The summed E-state index contributed by atoms with van der Waals surface area (Å²) >= 11 is 0. The monoisotopic (exact) mass is 184 g/mol. The number of nitrogens with zero attached hydrogens (tertiary/aromatic N) is 1. The van der Waals surface area contributed by atoms with E-state index in [1.165, 1.54) is 32.4 Å². The van der Waals surface area contributed by atoms with Gasteiger partial charge in [-0.15, -0.1) is 0 Å². The van der Waals surface area contributed by atoms with Crippen LogP contribution in [0.25, 0.3) is 0 Å². The first-order valence-corrected chi connectivity index (χ1v) is 5.62. The Morgan fingerprint density at radius 2 is 2.00 bits per heavy atom. The van der Waals surface area contributed by atoms with Crippen molar-refractivity contribution in [2.24, 2.45) is 5.92 Å². The maximum Gasteiger partial charge on any atom is 0.0110 e. The van der Waals surface area contributed by atoms with Crippen molar-refractivity contribution in [1.29, 1.82) is 0 Å². The summed E-state index contributed by atoms with van der Waals surface area (Å²) in [5.41, 5.74) is 0. The minimum Gasteiger partial charge on any atom is -0.318 e. The summed E-state index contributed by atoms with van der Waals surface area (Å²) < 4.78 is 0. The zero-order valence-corrected chi connectivity index (χ0v) is 9.34. The summed E-state index contributed by atoms with van der Waals surface area (Å²) in [6, 6.07) is 0.923. The molecule has 1 aliphatic rings. The first-order valence-electron chi connectivity index (χ1n) is 5.62. The van der Waals surface area contributed by atoms with Gasteiger partial charge in [0.2, 0.25) is 0 Å². The van der Waals surface area contributed by atoms with Gasteiger partial charge in [0.05, 0.1) is 0 Å². The predicted octanol–water partition coefficient (Wildman–Crippen LogP) is 1.72. The van der Waals surface area contributed by atoms with Crippen LogP contribution in [0.4, 0.5) is 0 Å². The third-order valence-electron chi connectivity index (χ3n) is 2.71. The molecular formula is C11H24N2. The molecule has 2 heteroatoms. The summed E-state index contributed by atoms with van der Waals surface area (Å²) in [6.07, 6.45) is 4.21. The number of likely N-dealkylation sites (N-methyl/N-ethyl adjacent to an activating group) is 1. The molecule has 0 spiro atoms. The van der Waals surface area contributed by atoms with Crippen molar-refractivity contribution in [3.63, 3.8) is 0 Å². The molecule has 0 unspecified atom stereocenters. The molecule has 0 aromatic carbocycles. The molecule has 78 valence electrons. The topological polar surface area (TPSA) is 15.3 Å². The lowest BCUT2D eigenvalue weighted by Crippen LogP contribution is -2.33. The molecule has 0 aromatic rings. The van der Waals surface area contributed by atoms with Gasteiger partial charge >= 0.3 is 0 Å². The summed E-state index contributed by atoms with van der Waals surface area (Å²) in [7, 11) is 2.04. The maximum atomic E-state index is 3.23. The molecule has 0 radical (unpaired) electrons. The largest absolute Gasteiger partial charge is 0.318 e. The standard InChI is InChI=1S/C11H24N2/c1-10(2)6-8-13(9-7-12-3)11-4-5-11/h10-12H,4-9H2,1-3H3. The molecule has 0 amide bonds. The first kappa shape index (κ1) is 11.0. The van der Waals surface area contributed by atoms with Crippen LogP contribution in [0.1, 0.15) is 33.1 Å². The van der Waals surface area contributed by atoms with Crippen LogP contribution < -0.4 is 5.32 Å². The molecule has 1 N–H and O–H groups in total. The number of rotatable bonds is 7. The Kier molecular flexibility index (Phi) is 4.74. The Hall–Kier alpha value is -0.0800. The van der Waals surface area contributed by atoms with Crippen LogP contribution in [0.3, 0.4) is 0 Å². The van der Waals surface area contributed by atoms with E-state index in [4.69, 9.17) is 0 Å². The third-order valence-corrected chi connectivity index (χ3v) is 2.71. The lowest BCUT2D eigenvalue weighted by atomic mass is 10.1. The smallest absolute Gasteiger partial charge is 0.0110 e. The highest BCUT2D eigenvalue weighted by Gasteiger charge is 2.27. The molecule has 0 aromatic heterocycles. The van der Waals surface area contributed by atoms with E-state index in [-0.39, 0.29) is 0 Å². The van der Waals surface area contributed by atoms with Crippen LogP contribution in [0, 0.1) is 5.92 Å². The first-order chi connectivity index (χ1) is 6.24. The molecule has 1 rings (SSSR count). The minimum atomic E-state index is 0.843. The van der Waals surface area contributed by atoms with Gasteiger partial charge in [0, 0.05) is 19.1 Å². The van der Waals surface area contributed by atoms with E-state index in [2.05, 4.69) is 24.1 Å². The zero-order valence-electron chi connectivity index (χ0n) is 9.34. The fourth-order valence-corrected chi connectivity index (χ4v) is 1.60. The van der Waals surface area contributed by atoms with Crippen LogP contribution in [-0.2, 0) is 0 Å². The summed E-state index contributed by atoms with van der Waals surface area (Å²) in [5, 5.41) is 3.23. The molecule has 0 heterocycles. The zero-order chi connectivity index (χ0) is 9.68. The second-order valence-corrected chi connectivity index (χ2v) is 4.55. The number of hydrogen-bond donors (Lipinski definition) is 1. The van der Waals surface area contributed by atoms with Crippen molar-refractivity contribution in [3.05, 3.63) is 0 Å². The highest BCUT2D eigenvalue weighted by atomic mass is 15.2. The van der Waals surface area contributed by atoms with E-state index in [0.717, 1.165) is 18.5 Å². The van der Waals surface area contributed by atoms with Crippen LogP contribution in [0.2, 0.25) is 0 Å². The molecule has 1 aliphatic carbocycles. The summed E-state index contributed by atoms with van der Waals surface area (Å²) in [4.78, 5) is 2.65. The maximum absolute atomic E-state index is 3.23. The van der Waals surface area contributed by atoms with Crippen molar-refractivity contribution in [1.82, 2.24) is 10.2 Å². The van der Waals surface area contributed by atoms with Gasteiger partial charge < -0.3 is 5.32 Å². The lowest BCUT2D eigenvalue weighted by molar-refractivity contribution is 0.249. The molecule has 13 heavy (non-hydrogen) atoms. The highest BCUT2D eigenvalue weighted by Crippen LogP contribution is 2.26. The molecule has 0 bridgehead atoms. The number of nitrogens with one attached hydrogen (secondary N) is 1. The molecule has 1 fully saturated rings. The average molecular weight is 184 g/mol. The molecule has 0 saturated heterocycles. The normalized spacial score (nSPS) is 17.3. The van der Waals surface area contributed by atoms with Crippen LogP contribution >= 0.6 is 0 Å². The second kappa shape index (κ2) is 5.61. The SMILES string of the molecule is CNCCN(CCC(C)C)C1CC1. The predicted molar refractivity (Wildman–Crippen MR) is 58.0 cm³/mol. The van der Waals surface area contributed by atoms with Crippen molar-refractivity contribution < 1.29 is 0 Å². The van der Waals surface area contributed by atoms with E-state index in [0.29, 0.717) is 0 Å². The van der Waals surface area contributed by atoms with Gasteiger partial charge in [0.1, 0.15) is 0 Å². The minimum absolute atomic E-state index is 0.843. The fraction of sp³-hybridized carbons (Fsp3) is 1.00. The van der Waals surface area contributed by atoms with Crippen molar-refractivity contribution in [2.75, 3.05) is 26.7 Å². The van der Waals surface area contributed by atoms with Crippen molar-refractivity contribution in [2.45, 2.75) is 39.2 Å². The Balaban J connectivity index is 2.13. The molecule has 0 atom stereocenters. The number of hydrogen-bond acceptors (Lipinski definition) is 2. The fourth-order valence-electron chi connectivity index (χ4n) is 1.60. The second-order valence-electron chi connectivity index (χ2n) is 4.55. The van der Waals surface area contributed by atoms with Crippen molar-refractivity contribution >= 4 is 0 Å². The van der Waals surface area contributed by atoms with Gasteiger partial charge in [0.25, 0.3) is 0 Å². The van der Waals surface area contributed by atoms with E-state index in [1.54, 1.807) is 0 Å². The highest BCUT2D eigenvalue weighted by molar-refractivity contribution is 4.84. The summed E-state index contributed by atoms with van der Waals surface area (Å²) in [6.45, 7) is 8.28. The van der Waals surface area contributed by atoms with Crippen LogP contribution in [-0.4, -0.2) is 37.6 Å². The van der Waals surface area contributed by atoms with Crippen LogP contribution in [0.15, 0.2) is 0 Å². The summed E-state index contributed by atoms with van der Waals surface area (Å²) in [5.74, 6) is 0.843. The third kappa shape index (κ3) is 4.63. The van der Waals surface area contributed by atoms with E-state index in [9.17, 15) is 0 Å². The molecular weight excluding hydrogens is 160 g/mol. The van der Waals surface area contributed by atoms with E-state index in [1.807, 2.05) is 7.05 Å². The molecule has 0 aliphatic heterocycles. The van der Waals surface area contributed by atoms with Gasteiger partial charge in [-0.05, 0) is 38.8 Å². The van der Waals surface area contributed by atoms with Gasteiger partial charge in [-0.3, -0.25) is 4.90 Å². The van der Waals surface area contributed by atoms with Gasteiger partial charge in [0.15, 0.2) is 0 Å². The lowest BCUT2D eigenvalue weighted by Gasteiger charge is -2.22. The quantitative estimate of drug-likeness (QED) is 0.648. The van der Waals surface area contributed by atoms with Crippen molar-refractivity contribution in [3.8, 4) is 0 Å².